The molecule has 4 aromatic rings. The van der Waals surface area contributed by atoms with Crippen molar-refractivity contribution >= 4 is 34.2 Å². The number of amides is 1. The smallest absolute Gasteiger partial charge is 0.251 e. The summed E-state index contributed by atoms with van der Waals surface area (Å²) in [6.45, 7) is 1.92. The van der Waals surface area contributed by atoms with E-state index in [2.05, 4.69) is 15.5 Å². The van der Waals surface area contributed by atoms with Crippen LogP contribution in [0.4, 0.5) is 0 Å². The highest BCUT2D eigenvalue weighted by atomic mass is 35.5. The van der Waals surface area contributed by atoms with Crippen LogP contribution >= 0.6 is 11.6 Å². The van der Waals surface area contributed by atoms with Crippen LogP contribution in [0.25, 0.3) is 28.1 Å². The number of hydrogen-bond donors (Lipinski definition) is 1. The Morgan fingerprint density at radius 3 is 2.44 bits per heavy atom. The van der Waals surface area contributed by atoms with Crippen LogP contribution in [-0.2, 0) is 0 Å². The Balaban J connectivity index is 1.32. The van der Waals surface area contributed by atoms with Gasteiger partial charge in [-0.05, 0) is 93.5 Å². The third-order valence-electron chi connectivity index (χ3n) is 8.29. The summed E-state index contributed by atoms with van der Waals surface area (Å²) < 4.78 is 1.97. The molecule has 4 saturated carbocycles. The molecule has 4 aliphatic rings. The van der Waals surface area contributed by atoms with Gasteiger partial charge >= 0.3 is 0 Å². The normalized spacial score (nSPS) is 27.5. The van der Waals surface area contributed by atoms with Crippen molar-refractivity contribution in [3.63, 3.8) is 0 Å². The molecule has 1 amide bonds. The number of aromatic nitrogens is 4. The van der Waals surface area contributed by atoms with E-state index in [9.17, 15) is 4.79 Å². The lowest BCUT2D eigenvalue weighted by atomic mass is 9.53. The van der Waals surface area contributed by atoms with Gasteiger partial charge in [0.1, 0.15) is 0 Å². The van der Waals surface area contributed by atoms with Crippen LogP contribution in [0.3, 0.4) is 0 Å². The van der Waals surface area contributed by atoms with Gasteiger partial charge in [-0.1, -0.05) is 23.7 Å². The first kappa shape index (κ1) is 20.4. The van der Waals surface area contributed by atoms with E-state index in [-0.39, 0.29) is 11.4 Å². The molecule has 4 bridgehead atoms. The largest absolute Gasteiger partial charge is 0.347 e. The number of hydrogen-bond acceptors (Lipinski definition) is 4. The Morgan fingerprint density at radius 1 is 1.03 bits per heavy atom. The summed E-state index contributed by atoms with van der Waals surface area (Å²) in [5.74, 6) is 3.00. The van der Waals surface area contributed by atoms with E-state index in [4.69, 9.17) is 16.6 Å². The number of carbonyl (C=O) groups excluding carboxylic acids is 1. The average Bonchev–Trinajstić information content (AvgIpc) is 3.24. The lowest BCUT2D eigenvalue weighted by Crippen LogP contribution is -2.59. The fourth-order valence-electron chi connectivity index (χ4n) is 7.31. The fraction of sp³-hybridized carbons (Fsp3) is 0.407. The lowest BCUT2D eigenvalue weighted by Gasteiger charge is -2.56. The number of carbonyl (C=O) groups is 1. The van der Waals surface area contributed by atoms with Crippen LogP contribution < -0.4 is 5.32 Å². The van der Waals surface area contributed by atoms with Gasteiger partial charge < -0.3 is 5.32 Å². The second-order valence-electron chi connectivity index (χ2n) is 10.7. The van der Waals surface area contributed by atoms with E-state index in [1.165, 1.54) is 19.3 Å². The first-order chi connectivity index (χ1) is 16.5. The predicted octanol–water partition coefficient (Wildman–Crippen LogP) is 5.60. The van der Waals surface area contributed by atoms with Crippen LogP contribution in [0.2, 0.25) is 5.02 Å². The van der Waals surface area contributed by atoms with Crippen LogP contribution in [0.1, 0.15) is 54.6 Å². The molecule has 0 spiro atoms. The topological polar surface area (TPSA) is 72.2 Å². The summed E-state index contributed by atoms with van der Waals surface area (Å²) >= 11 is 6.50. The molecule has 2 aromatic heterocycles. The molecule has 6 nitrogen and oxygen atoms in total. The minimum absolute atomic E-state index is 0.00458. The van der Waals surface area contributed by atoms with Crippen molar-refractivity contribution in [3.8, 4) is 11.4 Å². The molecular weight excluding hydrogens is 446 g/mol. The zero-order chi connectivity index (χ0) is 23.0. The maximum atomic E-state index is 13.5. The molecule has 1 N–H and O–H groups in total. The van der Waals surface area contributed by atoms with E-state index in [1.54, 1.807) is 0 Å². The minimum Gasteiger partial charge on any atom is -0.347 e. The van der Waals surface area contributed by atoms with Gasteiger partial charge in [0.15, 0.2) is 11.5 Å². The van der Waals surface area contributed by atoms with Gasteiger partial charge in [0.05, 0.1) is 21.7 Å². The number of benzene rings is 2. The van der Waals surface area contributed by atoms with Crippen molar-refractivity contribution in [2.75, 3.05) is 0 Å². The summed E-state index contributed by atoms with van der Waals surface area (Å²) in [6.07, 6.45) is 7.45. The SMILES string of the molecule is Cc1nc2ccc(C(=O)NC34CC5CC(CC(C5)C3)C4)cc2n2c(-c3ccccc3Cl)nnc12. The third kappa shape index (κ3) is 3.08. The zero-order valence-electron chi connectivity index (χ0n) is 19.1. The number of nitrogens with one attached hydrogen (secondary N) is 1. The number of rotatable bonds is 3. The highest BCUT2D eigenvalue weighted by molar-refractivity contribution is 6.33. The summed E-state index contributed by atoms with van der Waals surface area (Å²) in [5.41, 5.74) is 4.47. The van der Waals surface area contributed by atoms with E-state index >= 15 is 0 Å². The van der Waals surface area contributed by atoms with Gasteiger partial charge in [0.2, 0.25) is 0 Å². The molecule has 34 heavy (non-hydrogen) atoms. The summed E-state index contributed by atoms with van der Waals surface area (Å²) in [7, 11) is 0. The second-order valence-corrected chi connectivity index (χ2v) is 11.1. The molecule has 7 heteroatoms. The minimum atomic E-state index is -0.0269. The lowest BCUT2D eigenvalue weighted by molar-refractivity contribution is -0.0167. The quantitative estimate of drug-likeness (QED) is 0.422. The summed E-state index contributed by atoms with van der Waals surface area (Å²) in [5, 5.41) is 12.9. The van der Waals surface area contributed by atoms with Crippen LogP contribution in [0.15, 0.2) is 42.5 Å². The first-order valence-electron chi connectivity index (χ1n) is 12.2. The van der Waals surface area contributed by atoms with Crippen LogP contribution in [-0.4, -0.2) is 31.0 Å². The number of nitrogens with zero attached hydrogens (tertiary/aromatic N) is 4. The summed E-state index contributed by atoms with van der Waals surface area (Å²) in [6, 6.07) is 13.3. The monoisotopic (exact) mass is 471 g/mol. The van der Waals surface area contributed by atoms with Crippen molar-refractivity contribution in [1.82, 2.24) is 24.9 Å². The van der Waals surface area contributed by atoms with Gasteiger partial charge in [-0.25, -0.2) is 4.98 Å². The molecule has 0 radical (unpaired) electrons. The molecule has 0 aliphatic heterocycles. The average molecular weight is 472 g/mol. The van der Waals surface area contributed by atoms with Gasteiger partial charge in [-0.2, -0.15) is 0 Å². The van der Waals surface area contributed by atoms with E-state index < -0.39 is 0 Å². The van der Waals surface area contributed by atoms with Gasteiger partial charge in [0, 0.05) is 16.7 Å². The van der Waals surface area contributed by atoms with Gasteiger partial charge in [0.25, 0.3) is 5.91 Å². The Hall–Kier alpha value is -2.99. The molecule has 8 rings (SSSR count). The van der Waals surface area contributed by atoms with Crippen LogP contribution in [0, 0.1) is 24.7 Å². The Kier molecular flexibility index (Phi) is 4.35. The van der Waals surface area contributed by atoms with Crippen LogP contribution in [0.5, 0.6) is 0 Å². The van der Waals surface area contributed by atoms with E-state index in [0.29, 0.717) is 22.1 Å². The first-order valence-corrected chi connectivity index (χ1v) is 12.6. The number of halogens is 1. The van der Waals surface area contributed by atoms with Crippen molar-refractivity contribution in [2.45, 2.75) is 51.0 Å². The fourth-order valence-corrected chi connectivity index (χ4v) is 7.53. The highest BCUT2D eigenvalue weighted by Crippen LogP contribution is 2.55. The van der Waals surface area contributed by atoms with Crippen molar-refractivity contribution < 1.29 is 4.79 Å². The zero-order valence-corrected chi connectivity index (χ0v) is 19.8. The van der Waals surface area contributed by atoms with Gasteiger partial charge in [-0.15, -0.1) is 10.2 Å². The molecule has 0 unspecified atom stereocenters. The molecule has 0 atom stereocenters. The standard InChI is InChI=1S/C27H26ClN5O/c1-15-24-31-32-25(20-4-2-3-5-21(20)28)33(24)23-11-19(6-7-22(23)29-15)26(34)30-27-12-16-8-17(13-27)10-18(9-16)14-27/h2-7,11,16-18H,8-10,12-14H2,1H3,(H,30,34). The number of aryl methyl sites for hydroxylation is 1. The molecule has 0 saturated heterocycles. The molecular formula is C27H26ClN5O. The Morgan fingerprint density at radius 2 is 1.74 bits per heavy atom. The second kappa shape index (κ2) is 7.25. The molecule has 172 valence electrons. The van der Waals surface area contributed by atoms with Crippen molar-refractivity contribution in [3.05, 3.63) is 58.7 Å². The Labute approximate surface area is 202 Å². The Bertz CT molecular complexity index is 1440. The van der Waals surface area contributed by atoms with Crippen molar-refractivity contribution in [1.29, 1.82) is 0 Å². The predicted molar refractivity (Wildman–Crippen MR) is 132 cm³/mol. The third-order valence-corrected chi connectivity index (χ3v) is 8.61. The maximum Gasteiger partial charge on any atom is 0.251 e. The highest BCUT2D eigenvalue weighted by Gasteiger charge is 2.51. The maximum absolute atomic E-state index is 13.5. The molecule has 2 heterocycles. The molecule has 4 aliphatic carbocycles. The molecule has 4 fully saturated rings. The van der Waals surface area contributed by atoms with E-state index in [0.717, 1.165) is 59.3 Å². The van der Waals surface area contributed by atoms with Crippen molar-refractivity contribution in [2.24, 2.45) is 17.8 Å². The summed E-state index contributed by atoms with van der Waals surface area (Å²) in [4.78, 5) is 18.3. The molecule has 2 aromatic carbocycles. The number of fused-ring (bicyclic) bond motifs is 3. The van der Waals surface area contributed by atoms with E-state index in [1.807, 2.05) is 53.8 Å². The van der Waals surface area contributed by atoms with Gasteiger partial charge in [-0.3, -0.25) is 9.20 Å².